The van der Waals surface area contributed by atoms with Crippen LogP contribution in [0.3, 0.4) is 0 Å². The van der Waals surface area contributed by atoms with Crippen molar-refractivity contribution >= 4 is 12.4 Å². The summed E-state index contributed by atoms with van der Waals surface area (Å²) in [7, 11) is 0. The molecule has 90 valence electrons. The molecule has 1 aliphatic rings. The third-order valence-electron chi connectivity index (χ3n) is 3.13. The average molecular weight is 242 g/mol. The van der Waals surface area contributed by atoms with E-state index in [0.717, 1.165) is 31.7 Å². The average Bonchev–Trinajstić information content (AvgIpc) is 2.26. The number of ether oxygens (including phenoxy) is 1. The van der Waals surface area contributed by atoms with E-state index < -0.39 is 0 Å². The number of aryl methyl sites for hydroxylation is 1. The van der Waals surface area contributed by atoms with Crippen LogP contribution in [0.5, 0.6) is 5.75 Å². The zero-order valence-electron chi connectivity index (χ0n) is 9.95. The van der Waals surface area contributed by atoms with Crippen molar-refractivity contribution in [2.24, 2.45) is 0 Å². The van der Waals surface area contributed by atoms with Crippen molar-refractivity contribution in [3.05, 3.63) is 29.3 Å². The SMILES string of the molecule is Cc1cccc(OC2CCNCC2)c1C.Cl. The molecule has 1 aliphatic heterocycles. The van der Waals surface area contributed by atoms with E-state index in [4.69, 9.17) is 4.74 Å². The number of hydrogen-bond donors (Lipinski definition) is 1. The molecule has 1 aromatic carbocycles. The Bertz CT molecular complexity index is 335. The Balaban J connectivity index is 0.00000128. The van der Waals surface area contributed by atoms with E-state index in [2.05, 4.69) is 37.4 Å². The first-order chi connectivity index (χ1) is 7.27. The molecule has 3 heteroatoms. The molecule has 1 N–H and O–H groups in total. The van der Waals surface area contributed by atoms with Crippen LogP contribution < -0.4 is 10.1 Å². The molecule has 2 rings (SSSR count). The maximum atomic E-state index is 6.03. The summed E-state index contributed by atoms with van der Waals surface area (Å²) < 4.78 is 6.03. The van der Waals surface area contributed by atoms with Crippen molar-refractivity contribution < 1.29 is 4.74 Å². The zero-order valence-corrected chi connectivity index (χ0v) is 10.8. The molecule has 1 aromatic rings. The van der Waals surface area contributed by atoms with Gasteiger partial charge < -0.3 is 10.1 Å². The summed E-state index contributed by atoms with van der Waals surface area (Å²) >= 11 is 0. The van der Waals surface area contributed by atoms with Gasteiger partial charge in [0.2, 0.25) is 0 Å². The summed E-state index contributed by atoms with van der Waals surface area (Å²) in [5, 5.41) is 3.35. The molecule has 0 radical (unpaired) electrons. The monoisotopic (exact) mass is 241 g/mol. The van der Waals surface area contributed by atoms with Gasteiger partial charge in [0.25, 0.3) is 0 Å². The van der Waals surface area contributed by atoms with Crippen LogP contribution in [0.1, 0.15) is 24.0 Å². The molecular weight excluding hydrogens is 222 g/mol. The van der Waals surface area contributed by atoms with Gasteiger partial charge in [0.05, 0.1) is 0 Å². The lowest BCUT2D eigenvalue weighted by Gasteiger charge is -2.25. The number of rotatable bonds is 2. The van der Waals surface area contributed by atoms with Crippen LogP contribution in [0.2, 0.25) is 0 Å². The van der Waals surface area contributed by atoms with Gasteiger partial charge in [-0.2, -0.15) is 0 Å². The second-order valence-corrected chi connectivity index (χ2v) is 4.27. The first-order valence-corrected chi connectivity index (χ1v) is 5.71. The van der Waals surface area contributed by atoms with E-state index in [0.29, 0.717) is 6.10 Å². The lowest BCUT2D eigenvalue weighted by molar-refractivity contribution is 0.161. The second kappa shape index (κ2) is 6.12. The quantitative estimate of drug-likeness (QED) is 0.860. The summed E-state index contributed by atoms with van der Waals surface area (Å²) in [6.45, 7) is 6.42. The minimum Gasteiger partial charge on any atom is -0.490 e. The minimum absolute atomic E-state index is 0. The highest BCUT2D eigenvalue weighted by molar-refractivity contribution is 5.85. The molecule has 0 atom stereocenters. The van der Waals surface area contributed by atoms with Gasteiger partial charge in [0.1, 0.15) is 11.9 Å². The Morgan fingerprint density at radius 3 is 2.56 bits per heavy atom. The second-order valence-electron chi connectivity index (χ2n) is 4.27. The molecule has 1 saturated heterocycles. The lowest BCUT2D eigenvalue weighted by Crippen LogP contribution is -2.34. The molecule has 1 fully saturated rings. The van der Waals surface area contributed by atoms with Gasteiger partial charge in [-0.3, -0.25) is 0 Å². The van der Waals surface area contributed by atoms with E-state index >= 15 is 0 Å². The highest BCUT2D eigenvalue weighted by atomic mass is 35.5. The Morgan fingerprint density at radius 2 is 1.88 bits per heavy atom. The highest BCUT2D eigenvalue weighted by Crippen LogP contribution is 2.23. The molecule has 0 aromatic heterocycles. The molecule has 0 unspecified atom stereocenters. The predicted molar refractivity (Wildman–Crippen MR) is 69.7 cm³/mol. The summed E-state index contributed by atoms with van der Waals surface area (Å²) in [5.41, 5.74) is 2.58. The molecule has 0 bridgehead atoms. The van der Waals surface area contributed by atoms with Crippen molar-refractivity contribution in [1.82, 2.24) is 5.32 Å². The van der Waals surface area contributed by atoms with Crippen LogP contribution in [0.4, 0.5) is 0 Å². The van der Waals surface area contributed by atoms with Crippen molar-refractivity contribution in [2.75, 3.05) is 13.1 Å². The van der Waals surface area contributed by atoms with Crippen molar-refractivity contribution in [2.45, 2.75) is 32.8 Å². The van der Waals surface area contributed by atoms with E-state index in [1.165, 1.54) is 11.1 Å². The number of piperidine rings is 1. The fourth-order valence-electron chi connectivity index (χ4n) is 1.94. The first kappa shape index (κ1) is 13.3. The highest BCUT2D eigenvalue weighted by Gasteiger charge is 2.15. The molecule has 0 amide bonds. The Kier molecular flexibility index (Phi) is 5.10. The van der Waals surface area contributed by atoms with Gasteiger partial charge in [0.15, 0.2) is 0 Å². The van der Waals surface area contributed by atoms with Crippen molar-refractivity contribution in [3.8, 4) is 5.75 Å². The van der Waals surface area contributed by atoms with Gasteiger partial charge in [-0.15, -0.1) is 12.4 Å². The largest absolute Gasteiger partial charge is 0.490 e. The summed E-state index contributed by atoms with van der Waals surface area (Å²) in [5.74, 6) is 1.06. The molecule has 0 saturated carbocycles. The fourth-order valence-corrected chi connectivity index (χ4v) is 1.94. The van der Waals surface area contributed by atoms with E-state index in [1.54, 1.807) is 0 Å². The van der Waals surface area contributed by atoms with Gasteiger partial charge in [-0.05, 0) is 57.0 Å². The normalized spacial score (nSPS) is 16.6. The molecule has 0 aliphatic carbocycles. The summed E-state index contributed by atoms with van der Waals surface area (Å²) in [4.78, 5) is 0. The van der Waals surface area contributed by atoms with Gasteiger partial charge >= 0.3 is 0 Å². The maximum absolute atomic E-state index is 6.03. The smallest absolute Gasteiger partial charge is 0.122 e. The molecule has 16 heavy (non-hydrogen) atoms. The molecule has 0 spiro atoms. The fraction of sp³-hybridized carbons (Fsp3) is 0.538. The van der Waals surface area contributed by atoms with Crippen LogP contribution in [0.25, 0.3) is 0 Å². The van der Waals surface area contributed by atoms with Crippen molar-refractivity contribution in [3.63, 3.8) is 0 Å². The van der Waals surface area contributed by atoms with E-state index in [9.17, 15) is 0 Å². The predicted octanol–water partition coefficient (Wildman–Crippen LogP) is 2.86. The lowest BCUT2D eigenvalue weighted by atomic mass is 10.1. The number of benzene rings is 1. The summed E-state index contributed by atoms with van der Waals surface area (Å²) in [6.07, 6.45) is 2.63. The first-order valence-electron chi connectivity index (χ1n) is 5.71. The van der Waals surface area contributed by atoms with Gasteiger partial charge in [-0.1, -0.05) is 12.1 Å². The van der Waals surface area contributed by atoms with Crippen LogP contribution in [-0.4, -0.2) is 19.2 Å². The maximum Gasteiger partial charge on any atom is 0.122 e. The number of nitrogens with one attached hydrogen (secondary N) is 1. The third-order valence-corrected chi connectivity index (χ3v) is 3.13. The number of hydrogen-bond acceptors (Lipinski definition) is 2. The molecular formula is C13H20ClNO. The topological polar surface area (TPSA) is 21.3 Å². The van der Waals surface area contributed by atoms with Crippen molar-refractivity contribution in [1.29, 1.82) is 0 Å². The Labute approximate surface area is 104 Å². The molecule has 2 nitrogen and oxygen atoms in total. The van der Waals surface area contributed by atoms with E-state index in [-0.39, 0.29) is 12.4 Å². The molecule has 1 heterocycles. The third kappa shape index (κ3) is 3.13. The van der Waals surface area contributed by atoms with Gasteiger partial charge in [-0.25, -0.2) is 0 Å². The van der Waals surface area contributed by atoms with E-state index in [1.807, 2.05) is 0 Å². The van der Waals surface area contributed by atoms with Gasteiger partial charge in [0, 0.05) is 0 Å². The number of halogens is 1. The minimum atomic E-state index is 0. The van der Waals surface area contributed by atoms with Crippen LogP contribution in [0.15, 0.2) is 18.2 Å². The Hall–Kier alpha value is -0.730. The van der Waals surface area contributed by atoms with Crippen LogP contribution in [0, 0.1) is 13.8 Å². The standard InChI is InChI=1S/C13H19NO.ClH/c1-10-4-3-5-13(11(10)2)15-12-6-8-14-9-7-12;/h3-5,12,14H,6-9H2,1-2H3;1H. The van der Waals surface area contributed by atoms with Crippen LogP contribution >= 0.6 is 12.4 Å². The summed E-state index contributed by atoms with van der Waals surface area (Å²) in [6, 6.07) is 6.27. The zero-order chi connectivity index (χ0) is 10.7. The Morgan fingerprint density at radius 1 is 1.19 bits per heavy atom. The van der Waals surface area contributed by atoms with Crippen LogP contribution in [-0.2, 0) is 0 Å².